The van der Waals surface area contributed by atoms with E-state index in [1.807, 2.05) is 13.0 Å². The van der Waals surface area contributed by atoms with Crippen LogP contribution in [0, 0.1) is 17.0 Å². The van der Waals surface area contributed by atoms with Crippen molar-refractivity contribution in [1.29, 1.82) is 0 Å². The third-order valence-corrected chi connectivity index (χ3v) is 3.72. The first-order valence-electron chi connectivity index (χ1n) is 7.02. The number of nitro groups is 1. The highest BCUT2D eigenvalue weighted by Gasteiger charge is 2.36. The van der Waals surface area contributed by atoms with Crippen molar-refractivity contribution in [2.24, 2.45) is 0 Å². The topological polar surface area (TPSA) is 81.5 Å². The zero-order valence-corrected chi connectivity index (χ0v) is 15.2. The number of rotatable bonds is 5. The number of alkyl halides is 3. The molecule has 0 bridgehead atoms. The van der Waals surface area contributed by atoms with Gasteiger partial charge in [-0.05, 0) is 25.1 Å². The number of hydrogen-bond acceptors (Lipinski definition) is 4. The predicted molar refractivity (Wildman–Crippen MR) is 96.4 cm³/mol. The van der Waals surface area contributed by atoms with E-state index in [1.165, 1.54) is 24.3 Å². The molecule has 25 heavy (non-hydrogen) atoms. The summed E-state index contributed by atoms with van der Waals surface area (Å²) < 4.78 is 3.46. The van der Waals surface area contributed by atoms with Crippen molar-refractivity contribution in [3.8, 4) is 5.75 Å². The minimum atomic E-state index is -2.00. The number of nitrogens with zero attached hydrogens (tertiary/aromatic N) is 1. The Morgan fingerprint density at radius 1 is 1.20 bits per heavy atom. The fourth-order valence-electron chi connectivity index (χ4n) is 1.97. The average molecular weight is 404 g/mol. The largest absolute Gasteiger partial charge is 0.466 e. The van der Waals surface area contributed by atoms with Crippen LogP contribution < -0.4 is 10.1 Å². The van der Waals surface area contributed by atoms with E-state index in [2.05, 4.69) is 5.32 Å². The lowest BCUT2D eigenvalue weighted by atomic mass is 10.1. The molecule has 0 heterocycles. The molecule has 2 aromatic rings. The van der Waals surface area contributed by atoms with E-state index in [9.17, 15) is 14.9 Å². The number of amides is 1. The van der Waals surface area contributed by atoms with Gasteiger partial charge in [0.2, 0.25) is 10.0 Å². The minimum absolute atomic E-state index is 0.0788. The fraction of sp³-hybridized carbons (Fsp3) is 0.188. The predicted octanol–water partition coefficient (Wildman–Crippen LogP) is 4.41. The zero-order chi connectivity index (χ0) is 18.6. The summed E-state index contributed by atoms with van der Waals surface area (Å²) in [5.41, 5.74) is 1.06. The van der Waals surface area contributed by atoms with E-state index in [0.717, 1.165) is 5.56 Å². The monoisotopic (exact) mass is 402 g/mol. The van der Waals surface area contributed by atoms with Crippen LogP contribution in [-0.2, 0) is 0 Å². The molecule has 0 saturated carbocycles. The van der Waals surface area contributed by atoms with Gasteiger partial charge in [0.1, 0.15) is 5.75 Å². The molecule has 1 N–H and O–H groups in total. The number of benzene rings is 2. The van der Waals surface area contributed by atoms with Gasteiger partial charge in [-0.1, -0.05) is 58.6 Å². The van der Waals surface area contributed by atoms with Crippen molar-refractivity contribution in [2.75, 3.05) is 0 Å². The van der Waals surface area contributed by atoms with Crippen LogP contribution in [0.1, 0.15) is 15.9 Å². The Morgan fingerprint density at radius 2 is 1.88 bits per heavy atom. The highest BCUT2D eigenvalue weighted by atomic mass is 35.6. The molecule has 0 aliphatic rings. The summed E-state index contributed by atoms with van der Waals surface area (Å²) in [4.78, 5) is 22.6. The second-order valence-electron chi connectivity index (χ2n) is 5.14. The van der Waals surface area contributed by atoms with E-state index >= 15 is 0 Å². The molecule has 0 aromatic heterocycles. The molecule has 0 radical (unpaired) electrons. The molecule has 6 nitrogen and oxygen atoms in total. The molecule has 0 saturated heterocycles. The maximum absolute atomic E-state index is 12.3. The number of ether oxygens (including phenoxy) is 1. The van der Waals surface area contributed by atoms with E-state index < -0.39 is 20.9 Å². The van der Waals surface area contributed by atoms with Gasteiger partial charge in [0.05, 0.1) is 11.0 Å². The number of nitro benzene ring substituents is 1. The third kappa shape index (κ3) is 5.49. The number of carbonyl (C=O) groups excluding carboxylic acids is 1. The molecule has 1 unspecified atom stereocenters. The molecule has 0 aliphatic carbocycles. The van der Waals surface area contributed by atoms with Gasteiger partial charge in [-0.2, -0.15) is 0 Å². The van der Waals surface area contributed by atoms with Crippen LogP contribution in [0.4, 0.5) is 5.69 Å². The SMILES string of the molecule is Cc1cccc(C(=O)NC(Oc2cccc([N+](=O)[O-])c2)C(Cl)(Cl)Cl)c1. The lowest BCUT2D eigenvalue weighted by molar-refractivity contribution is -0.384. The van der Waals surface area contributed by atoms with Crippen LogP contribution in [-0.4, -0.2) is 20.9 Å². The Hall–Kier alpha value is -2.02. The second-order valence-corrected chi connectivity index (χ2v) is 7.51. The zero-order valence-electron chi connectivity index (χ0n) is 12.9. The van der Waals surface area contributed by atoms with E-state index in [0.29, 0.717) is 5.56 Å². The lowest BCUT2D eigenvalue weighted by Gasteiger charge is -2.26. The van der Waals surface area contributed by atoms with Gasteiger partial charge in [-0.25, -0.2) is 0 Å². The number of carbonyl (C=O) groups is 1. The molecule has 0 aliphatic heterocycles. The fourth-order valence-corrected chi connectivity index (χ4v) is 2.27. The van der Waals surface area contributed by atoms with Gasteiger partial charge >= 0.3 is 0 Å². The average Bonchev–Trinajstić information content (AvgIpc) is 2.53. The first kappa shape index (κ1) is 19.3. The summed E-state index contributed by atoms with van der Waals surface area (Å²) >= 11 is 17.6. The molecular weight excluding hydrogens is 391 g/mol. The summed E-state index contributed by atoms with van der Waals surface area (Å²) in [5, 5.41) is 13.3. The Morgan fingerprint density at radius 3 is 2.48 bits per heavy atom. The van der Waals surface area contributed by atoms with Crippen LogP contribution in [0.3, 0.4) is 0 Å². The van der Waals surface area contributed by atoms with Crippen molar-refractivity contribution in [3.05, 3.63) is 69.8 Å². The highest BCUT2D eigenvalue weighted by Crippen LogP contribution is 2.33. The Balaban J connectivity index is 2.21. The molecule has 0 spiro atoms. The van der Waals surface area contributed by atoms with E-state index in [1.54, 1.807) is 18.2 Å². The van der Waals surface area contributed by atoms with Gasteiger partial charge < -0.3 is 10.1 Å². The lowest BCUT2D eigenvalue weighted by Crippen LogP contribution is -2.47. The molecule has 1 amide bonds. The number of nitrogens with one attached hydrogen (secondary N) is 1. The first-order chi connectivity index (χ1) is 11.7. The van der Waals surface area contributed by atoms with Crippen LogP contribution in [0.2, 0.25) is 0 Å². The summed E-state index contributed by atoms with van der Waals surface area (Å²) in [6.45, 7) is 1.84. The third-order valence-electron chi connectivity index (χ3n) is 3.12. The molecule has 0 fully saturated rings. The van der Waals surface area contributed by atoms with Gasteiger partial charge in [-0.15, -0.1) is 0 Å². The van der Waals surface area contributed by atoms with Gasteiger partial charge in [-0.3, -0.25) is 14.9 Å². The number of halogens is 3. The second kappa shape index (κ2) is 7.91. The van der Waals surface area contributed by atoms with E-state index in [-0.39, 0.29) is 11.4 Å². The van der Waals surface area contributed by atoms with Crippen LogP contribution in [0.25, 0.3) is 0 Å². The molecule has 2 aromatic carbocycles. The molecule has 2 rings (SSSR count). The summed E-state index contributed by atoms with van der Waals surface area (Å²) in [6.07, 6.45) is -1.35. The van der Waals surface area contributed by atoms with Crippen LogP contribution in [0.5, 0.6) is 5.75 Å². The summed E-state index contributed by atoms with van der Waals surface area (Å²) in [5.74, 6) is -0.430. The van der Waals surface area contributed by atoms with Crippen LogP contribution in [0.15, 0.2) is 48.5 Å². The van der Waals surface area contributed by atoms with Gasteiger partial charge in [0, 0.05) is 11.6 Å². The standard InChI is InChI=1S/C16H13Cl3N2O4/c1-10-4-2-5-11(8-10)14(22)20-15(16(17,18)19)25-13-7-3-6-12(9-13)21(23)24/h2-9,15H,1H3,(H,20,22). The van der Waals surface area contributed by atoms with Crippen molar-refractivity contribution < 1.29 is 14.5 Å². The maximum atomic E-state index is 12.3. The van der Waals surface area contributed by atoms with Crippen molar-refractivity contribution >= 4 is 46.4 Å². The molecule has 132 valence electrons. The highest BCUT2D eigenvalue weighted by molar-refractivity contribution is 6.68. The first-order valence-corrected chi connectivity index (χ1v) is 8.15. The summed E-state index contributed by atoms with van der Waals surface area (Å²) in [6, 6.07) is 12.2. The van der Waals surface area contributed by atoms with Crippen molar-refractivity contribution in [3.63, 3.8) is 0 Å². The Kier molecular flexibility index (Phi) is 6.11. The Bertz CT molecular complexity index is 793. The number of aryl methyl sites for hydroxylation is 1. The Labute approximate surface area is 158 Å². The van der Waals surface area contributed by atoms with Gasteiger partial charge in [0.25, 0.3) is 11.6 Å². The molecule has 9 heteroatoms. The maximum Gasteiger partial charge on any atom is 0.273 e. The van der Waals surface area contributed by atoms with E-state index in [4.69, 9.17) is 39.5 Å². The number of hydrogen-bond donors (Lipinski definition) is 1. The minimum Gasteiger partial charge on any atom is -0.466 e. The molecular formula is C16H13Cl3N2O4. The van der Waals surface area contributed by atoms with Crippen molar-refractivity contribution in [1.82, 2.24) is 5.32 Å². The number of non-ortho nitro benzene ring substituents is 1. The molecule has 1 atom stereocenters. The smallest absolute Gasteiger partial charge is 0.273 e. The summed E-state index contributed by atoms with van der Waals surface area (Å²) in [7, 11) is 0. The van der Waals surface area contributed by atoms with Crippen LogP contribution >= 0.6 is 34.8 Å². The normalized spacial score (nSPS) is 12.3. The quantitative estimate of drug-likeness (QED) is 0.347. The van der Waals surface area contributed by atoms with Crippen molar-refractivity contribution in [2.45, 2.75) is 16.9 Å². The van der Waals surface area contributed by atoms with Gasteiger partial charge in [0.15, 0.2) is 0 Å².